The van der Waals surface area contributed by atoms with E-state index >= 15 is 0 Å². The molecule has 0 aliphatic carbocycles. The van der Waals surface area contributed by atoms with Crippen LogP contribution in [0.15, 0.2) is 24.3 Å². The number of carbonyl (C=O) groups excluding carboxylic acids is 2. The summed E-state index contributed by atoms with van der Waals surface area (Å²) in [6.07, 6.45) is 0. The lowest BCUT2D eigenvalue weighted by molar-refractivity contribution is -0.136. The highest BCUT2D eigenvalue weighted by Gasteiger charge is 2.24. The summed E-state index contributed by atoms with van der Waals surface area (Å²) in [4.78, 5) is 27.7. The second-order valence-electron chi connectivity index (χ2n) is 5.06. The lowest BCUT2D eigenvalue weighted by Gasteiger charge is -2.34. The Morgan fingerprint density at radius 1 is 1.05 bits per heavy atom. The van der Waals surface area contributed by atoms with Crippen molar-refractivity contribution in [2.75, 3.05) is 46.5 Å². The lowest BCUT2D eigenvalue weighted by Crippen LogP contribution is -2.51. The van der Waals surface area contributed by atoms with Crippen molar-refractivity contribution < 1.29 is 19.1 Å². The SMILES string of the molecule is CCOc1ccc(C(=O)N2CCN(C(=O)COC)CC2)cc1. The van der Waals surface area contributed by atoms with Crippen LogP contribution in [0, 0.1) is 0 Å². The van der Waals surface area contributed by atoms with E-state index in [4.69, 9.17) is 9.47 Å². The third-order valence-corrected chi connectivity index (χ3v) is 3.60. The number of nitrogens with zero attached hydrogens (tertiary/aromatic N) is 2. The number of carbonyl (C=O) groups is 2. The van der Waals surface area contributed by atoms with Crippen molar-refractivity contribution in [1.29, 1.82) is 0 Å². The molecule has 2 amide bonds. The van der Waals surface area contributed by atoms with Gasteiger partial charge >= 0.3 is 0 Å². The van der Waals surface area contributed by atoms with E-state index in [0.717, 1.165) is 5.75 Å². The number of amides is 2. The molecule has 0 atom stereocenters. The molecule has 120 valence electrons. The molecule has 0 spiro atoms. The van der Waals surface area contributed by atoms with Crippen molar-refractivity contribution in [1.82, 2.24) is 9.80 Å². The van der Waals surface area contributed by atoms with E-state index in [1.165, 1.54) is 7.11 Å². The van der Waals surface area contributed by atoms with E-state index < -0.39 is 0 Å². The lowest BCUT2D eigenvalue weighted by atomic mass is 10.1. The molecule has 1 aromatic carbocycles. The Morgan fingerprint density at radius 3 is 2.18 bits per heavy atom. The van der Waals surface area contributed by atoms with Crippen LogP contribution >= 0.6 is 0 Å². The van der Waals surface area contributed by atoms with Crippen molar-refractivity contribution in [2.45, 2.75) is 6.92 Å². The fraction of sp³-hybridized carbons (Fsp3) is 0.500. The van der Waals surface area contributed by atoms with Crippen LogP contribution in [0.3, 0.4) is 0 Å². The maximum Gasteiger partial charge on any atom is 0.253 e. The van der Waals surface area contributed by atoms with Gasteiger partial charge in [0.1, 0.15) is 12.4 Å². The van der Waals surface area contributed by atoms with Gasteiger partial charge in [-0.2, -0.15) is 0 Å². The van der Waals surface area contributed by atoms with Gasteiger partial charge in [-0.3, -0.25) is 9.59 Å². The van der Waals surface area contributed by atoms with E-state index in [1.807, 2.05) is 6.92 Å². The van der Waals surface area contributed by atoms with Gasteiger partial charge in [-0.15, -0.1) is 0 Å². The zero-order valence-corrected chi connectivity index (χ0v) is 13.1. The average Bonchev–Trinajstić information content (AvgIpc) is 2.55. The fourth-order valence-corrected chi connectivity index (χ4v) is 2.42. The van der Waals surface area contributed by atoms with Crippen LogP contribution in [0.4, 0.5) is 0 Å². The highest BCUT2D eigenvalue weighted by Crippen LogP contribution is 2.15. The molecule has 0 saturated carbocycles. The Balaban J connectivity index is 1.90. The van der Waals surface area contributed by atoms with Crippen LogP contribution < -0.4 is 4.74 Å². The Hall–Kier alpha value is -2.08. The Labute approximate surface area is 130 Å². The van der Waals surface area contributed by atoms with Gasteiger partial charge in [-0.05, 0) is 31.2 Å². The van der Waals surface area contributed by atoms with Crippen LogP contribution in [-0.4, -0.2) is 68.1 Å². The molecule has 0 unspecified atom stereocenters. The zero-order chi connectivity index (χ0) is 15.9. The summed E-state index contributed by atoms with van der Waals surface area (Å²) < 4.78 is 10.2. The molecule has 1 aliphatic heterocycles. The van der Waals surface area contributed by atoms with Crippen LogP contribution in [0.1, 0.15) is 17.3 Å². The van der Waals surface area contributed by atoms with Crippen molar-refractivity contribution in [3.8, 4) is 5.75 Å². The summed E-state index contributed by atoms with van der Waals surface area (Å²) in [7, 11) is 1.50. The molecule has 1 aliphatic rings. The standard InChI is InChI=1S/C16H22N2O4/c1-3-22-14-6-4-13(5-7-14)16(20)18-10-8-17(9-11-18)15(19)12-21-2/h4-7H,3,8-12H2,1-2H3. The number of ether oxygens (including phenoxy) is 2. The van der Waals surface area contributed by atoms with Crippen LogP contribution in [-0.2, 0) is 9.53 Å². The summed E-state index contributed by atoms with van der Waals surface area (Å²) in [6.45, 7) is 4.79. The summed E-state index contributed by atoms with van der Waals surface area (Å²) in [5, 5.41) is 0. The van der Waals surface area contributed by atoms with Gasteiger partial charge in [-0.25, -0.2) is 0 Å². The number of rotatable bonds is 5. The maximum atomic E-state index is 12.4. The highest BCUT2D eigenvalue weighted by atomic mass is 16.5. The molecule has 0 bridgehead atoms. The predicted octanol–water partition coefficient (Wildman–Crippen LogP) is 1.02. The number of methoxy groups -OCH3 is 1. The van der Waals surface area contributed by atoms with Gasteiger partial charge < -0.3 is 19.3 Å². The van der Waals surface area contributed by atoms with E-state index in [2.05, 4.69) is 0 Å². The Bertz CT molecular complexity index is 507. The van der Waals surface area contributed by atoms with E-state index in [9.17, 15) is 9.59 Å². The smallest absolute Gasteiger partial charge is 0.253 e. The van der Waals surface area contributed by atoms with Crippen molar-refractivity contribution >= 4 is 11.8 Å². The number of hydrogen-bond donors (Lipinski definition) is 0. The van der Waals surface area contributed by atoms with Gasteiger partial charge in [0.05, 0.1) is 6.61 Å². The maximum absolute atomic E-state index is 12.4. The molecule has 0 N–H and O–H groups in total. The molecule has 6 heteroatoms. The number of benzene rings is 1. The minimum absolute atomic E-state index is 0.0121. The summed E-state index contributed by atoms with van der Waals surface area (Å²) in [5.74, 6) is 0.714. The second-order valence-corrected chi connectivity index (χ2v) is 5.06. The molecule has 1 heterocycles. The van der Waals surface area contributed by atoms with E-state index in [1.54, 1.807) is 34.1 Å². The molecule has 0 radical (unpaired) electrons. The van der Waals surface area contributed by atoms with Crippen molar-refractivity contribution in [3.05, 3.63) is 29.8 Å². The molecule has 2 rings (SSSR count). The van der Waals surface area contributed by atoms with Gasteiger partial charge in [0, 0.05) is 38.9 Å². The molecule has 1 fully saturated rings. The van der Waals surface area contributed by atoms with E-state index in [0.29, 0.717) is 38.3 Å². The Morgan fingerprint density at radius 2 is 1.64 bits per heavy atom. The highest BCUT2D eigenvalue weighted by molar-refractivity contribution is 5.94. The first-order valence-corrected chi connectivity index (χ1v) is 7.44. The molecule has 0 aromatic heterocycles. The zero-order valence-electron chi connectivity index (χ0n) is 13.1. The molecular formula is C16H22N2O4. The fourth-order valence-electron chi connectivity index (χ4n) is 2.42. The molecule has 1 saturated heterocycles. The van der Waals surface area contributed by atoms with Crippen LogP contribution in [0.25, 0.3) is 0 Å². The van der Waals surface area contributed by atoms with Crippen LogP contribution in [0.2, 0.25) is 0 Å². The van der Waals surface area contributed by atoms with Crippen LogP contribution in [0.5, 0.6) is 5.75 Å². The molecule has 6 nitrogen and oxygen atoms in total. The van der Waals surface area contributed by atoms with Gasteiger partial charge in [0.25, 0.3) is 5.91 Å². The third-order valence-electron chi connectivity index (χ3n) is 3.60. The van der Waals surface area contributed by atoms with Gasteiger partial charge in [0.15, 0.2) is 0 Å². The minimum atomic E-state index is -0.0318. The predicted molar refractivity (Wildman–Crippen MR) is 82.0 cm³/mol. The second kappa shape index (κ2) is 7.79. The van der Waals surface area contributed by atoms with Gasteiger partial charge in [-0.1, -0.05) is 0 Å². The number of piperazine rings is 1. The van der Waals surface area contributed by atoms with E-state index in [-0.39, 0.29) is 18.4 Å². The Kier molecular flexibility index (Phi) is 5.77. The molecular weight excluding hydrogens is 284 g/mol. The topological polar surface area (TPSA) is 59.1 Å². The van der Waals surface area contributed by atoms with Gasteiger partial charge in [0.2, 0.25) is 5.91 Å². The first-order valence-electron chi connectivity index (χ1n) is 7.44. The largest absolute Gasteiger partial charge is 0.494 e. The number of hydrogen-bond acceptors (Lipinski definition) is 4. The average molecular weight is 306 g/mol. The summed E-state index contributed by atoms with van der Waals surface area (Å²) in [5.41, 5.74) is 0.639. The normalized spacial score (nSPS) is 14.8. The quantitative estimate of drug-likeness (QED) is 0.815. The monoisotopic (exact) mass is 306 g/mol. The molecule has 22 heavy (non-hydrogen) atoms. The van der Waals surface area contributed by atoms with Crippen molar-refractivity contribution in [3.63, 3.8) is 0 Å². The minimum Gasteiger partial charge on any atom is -0.494 e. The first kappa shape index (κ1) is 16.3. The molecule has 1 aromatic rings. The third kappa shape index (κ3) is 3.98. The summed E-state index contributed by atoms with van der Waals surface area (Å²) >= 11 is 0. The summed E-state index contributed by atoms with van der Waals surface area (Å²) in [6, 6.07) is 7.15. The first-order chi connectivity index (χ1) is 10.7. The van der Waals surface area contributed by atoms with Crippen molar-refractivity contribution in [2.24, 2.45) is 0 Å².